The Morgan fingerprint density at radius 1 is 0.773 bits per heavy atom. The predicted molar refractivity (Wildman–Crippen MR) is 92.1 cm³/mol. The molecule has 0 fully saturated rings. The Morgan fingerprint density at radius 2 is 1.18 bits per heavy atom. The first-order chi connectivity index (χ1) is 10.8. The SMILES string of the molecule is [C](=C(c1ccccc1)c1ccccc1)C1C=CC=C1.[Cl][Zr][Cl]. The van der Waals surface area contributed by atoms with Crippen LogP contribution in [0.4, 0.5) is 0 Å². The topological polar surface area (TPSA) is 0 Å². The molecule has 0 spiro atoms. The maximum atomic E-state index is 4.93. The van der Waals surface area contributed by atoms with E-state index in [0.717, 1.165) is 0 Å². The minimum atomic E-state index is -0.826. The molecule has 1 aliphatic carbocycles. The van der Waals surface area contributed by atoms with E-state index < -0.39 is 20.8 Å². The van der Waals surface area contributed by atoms with Gasteiger partial charge in [-0.25, -0.2) is 0 Å². The third kappa shape index (κ3) is 5.39. The summed E-state index contributed by atoms with van der Waals surface area (Å²) < 4.78 is 0. The van der Waals surface area contributed by atoms with Crippen LogP contribution >= 0.6 is 17.0 Å². The molecule has 0 heterocycles. The van der Waals surface area contributed by atoms with E-state index in [2.05, 4.69) is 78.9 Å². The first kappa shape index (κ1) is 17.5. The van der Waals surface area contributed by atoms with Crippen LogP contribution in [0, 0.1) is 12.0 Å². The van der Waals surface area contributed by atoms with Gasteiger partial charge in [0.05, 0.1) is 0 Å². The molecule has 0 amide bonds. The maximum absolute atomic E-state index is 4.93. The van der Waals surface area contributed by atoms with Gasteiger partial charge in [0.25, 0.3) is 0 Å². The van der Waals surface area contributed by atoms with Crippen LogP contribution in [-0.2, 0) is 20.8 Å². The first-order valence-corrected chi connectivity index (χ1v) is 13.2. The second-order valence-corrected chi connectivity index (χ2v) is 8.35. The monoisotopic (exact) mass is 403 g/mol. The summed E-state index contributed by atoms with van der Waals surface area (Å²) >= 11 is -0.826. The molecule has 2 aromatic carbocycles. The van der Waals surface area contributed by atoms with Gasteiger partial charge in [0.15, 0.2) is 0 Å². The van der Waals surface area contributed by atoms with Crippen molar-refractivity contribution >= 4 is 22.6 Å². The molecular weight excluding hydrogens is 390 g/mol. The normalized spacial score (nSPS) is 12.5. The van der Waals surface area contributed by atoms with Crippen molar-refractivity contribution in [2.75, 3.05) is 0 Å². The van der Waals surface area contributed by atoms with E-state index in [0.29, 0.717) is 0 Å². The fourth-order valence-corrected chi connectivity index (χ4v) is 2.24. The van der Waals surface area contributed by atoms with E-state index >= 15 is 0 Å². The second kappa shape index (κ2) is 10.0. The van der Waals surface area contributed by atoms with Crippen molar-refractivity contribution in [1.82, 2.24) is 0 Å². The van der Waals surface area contributed by atoms with Gasteiger partial charge in [-0.3, -0.25) is 0 Å². The zero-order valence-electron chi connectivity index (χ0n) is 11.9. The molecule has 1 radical (unpaired) electrons. The predicted octanol–water partition coefficient (Wildman–Crippen LogP) is 6.04. The molecule has 3 rings (SSSR count). The van der Waals surface area contributed by atoms with Gasteiger partial charge in [0.1, 0.15) is 0 Å². The Kier molecular flexibility index (Phi) is 7.95. The third-order valence-corrected chi connectivity index (χ3v) is 3.18. The van der Waals surface area contributed by atoms with Crippen LogP contribution in [-0.4, -0.2) is 0 Å². The molecule has 0 saturated carbocycles. The van der Waals surface area contributed by atoms with Crippen molar-refractivity contribution in [2.45, 2.75) is 0 Å². The Morgan fingerprint density at radius 3 is 1.59 bits per heavy atom. The van der Waals surface area contributed by atoms with Crippen LogP contribution < -0.4 is 0 Å². The number of rotatable bonds is 3. The molecule has 0 N–H and O–H groups in total. The number of benzene rings is 2. The number of hydrogen-bond acceptors (Lipinski definition) is 0. The van der Waals surface area contributed by atoms with Crippen LogP contribution in [0.2, 0.25) is 0 Å². The molecule has 22 heavy (non-hydrogen) atoms. The first-order valence-electron chi connectivity index (χ1n) is 6.90. The third-order valence-electron chi connectivity index (χ3n) is 3.18. The van der Waals surface area contributed by atoms with E-state index in [1.54, 1.807) is 0 Å². The van der Waals surface area contributed by atoms with Crippen LogP contribution in [0.25, 0.3) is 5.57 Å². The summed E-state index contributed by atoms with van der Waals surface area (Å²) in [6, 6.07) is 20.9. The fraction of sp³-hybridized carbons (Fsp3) is 0.0526. The molecular formula is C19H15Cl2Zr. The summed E-state index contributed by atoms with van der Waals surface area (Å²) in [6.07, 6.45) is 12.1. The molecule has 0 atom stereocenters. The minimum absolute atomic E-state index is 0.274. The van der Waals surface area contributed by atoms with Crippen molar-refractivity contribution in [3.63, 3.8) is 0 Å². The van der Waals surface area contributed by atoms with Gasteiger partial charge in [-0.05, 0) is 22.8 Å². The molecule has 0 unspecified atom stereocenters. The summed E-state index contributed by atoms with van der Waals surface area (Å²) in [4.78, 5) is 0. The van der Waals surface area contributed by atoms with E-state index in [1.807, 2.05) is 12.1 Å². The van der Waals surface area contributed by atoms with E-state index in [4.69, 9.17) is 17.0 Å². The molecule has 2 aromatic rings. The zero-order chi connectivity index (χ0) is 15.6. The average Bonchev–Trinajstić information content (AvgIpc) is 3.08. The quantitative estimate of drug-likeness (QED) is 0.584. The summed E-state index contributed by atoms with van der Waals surface area (Å²) in [5.74, 6) is 0.274. The van der Waals surface area contributed by atoms with Gasteiger partial charge in [-0.15, -0.1) is 0 Å². The molecule has 0 bridgehead atoms. The average molecular weight is 405 g/mol. The Labute approximate surface area is 150 Å². The summed E-state index contributed by atoms with van der Waals surface area (Å²) in [7, 11) is 9.87. The molecule has 0 saturated heterocycles. The summed E-state index contributed by atoms with van der Waals surface area (Å²) in [6.45, 7) is 0. The molecule has 1 aliphatic rings. The van der Waals surface area contributed by atoms with Crippen molar-refractivity contribution < 1.29 is 20.8 Å². The van der Waals surface area contributed by atoms with Crippen LogP contribution in [0.5, 0.6) is 0 Å². The van der Waals surface area contributed by atoms with Gasteiger partial charge < -0.3 is 0 Å². The Balaban J connectivity index is 0.000000545. The second-order valence-electron chi connectivity index (χ2n) is 4.62. The standard InChI is InChI=1S/C19H15.2ClH.Zr/c1-3-11-17(12-4-1)19(15-16-9-7-8-10-16)18-13-5-2-6-14-18;;;/h1-14,16H;2*1H;/q;;;+2/p-2. The van der Waals surface area contributed by atoms with E-state index in [9.17, 15) is 0 Å². The Hall–Kier alpha value is -0.877. The van der Waals surface area contributed by atoms with Crippen molar-refractivity contribution in [1.29, 1.82) is 0 Å². The van der Waals surface area contributed by atoms with Crippen LogP contribution in [0.3, 0.4) is 0 Å². The zero-order valence-corrected chi connectivity index (χ0v) is 15.9. The van der Waals surface area contributed by atoms with Gasteiger partial charge >= 0.3 is 37.9 Å². The summed E-state index contributed by atoms with van der Waals surface area (Å²) in [5, 5.41) is 0. The molecule has 3 heteroatoms. The molecule has 0 aromatic heterocycles. The van der Waals surface area contributed by atoms with E-state index in [-0.39, 0.29) is 5.92 Å². The van der Waals surface area contributed by atoms with E-state index in [1.165, 1.54) is 16.7 Å². The fourth-order valence-electron chi connectivity index (χ4n) is 2.24. The number of halogens is 2. The van der Waals surface area contributed by atoms with Gasteiger partial charge in [-0.1, -0.05) is 85.0 Å². The van der Waals surface area contributed by atoms with Gasteiger partial charge in [0.2, 0.25) is 0 Å². The van der Waals surface area contributed by atoms with Crippen LogP contribution in [0.1, 0.15) is 11.1 Å². The van der Waals surface area contributed by atoms with Crippen molar-refractivity contribution in [2.24, 2.45) is 5.92 Å². The van der Waals surface area contributed by atoms with Crippen LogP contribution in [0.15, 0.2) is 85.0 Å². The molecule has 0 nitrogen and oxygen atoms in total. The van der Waals surface area contributed by atoms with Gasteiger partial charge in [0, 0.05) is 5.92 Å². The molecule has 0 aliphatic heterocycles. The molecule has 109 valence electrons. The Bertz CT molecular complexity index is 592. The number of allylic oxidation sites excluding steroid dienone is 5. The number of hydrogen-bond donors (Lipinski definition) is 0. The summed E-state index contributed by atoms with van der Waals surface area (Å²) in [5.41, 5.74) is 3.59. The van der Waals surface area contributed by atoms with Crippen molar-refractivity contribution in [3.05, 3.63) is 102 Å². The van der Waals surface area contributed by atoms with Gasteiger partial charge in [-0.2, -0.15) is 0 Å². The van der Waals surface area contributed by atoms with Crippen molar-refractivity contribution in [3.8, 4) is 0 Å².